The van der Waals surface area contributed by atoms with E-state index in [9.17, 15) is 9.59 Å². The lowest BCUT2D eigenvalue weighted by Gasteiger charge is -2.18. The van der Waals surface area contributed by atoms with Crippen LogP contribution >= 0.6 is 23.2 Å². The number of halogens is 2. The van der Waals surface area contributed by atoms with Gasteiger partial charge in [-0.2, -0.15) is 0 Å². The predicted octanol–water partition coefficient (Wildman–Crippen LogP) is 2.75. The Bertz CT molecular complexity index is 501. The Hall–Kier alpha value is -1.06. The molecule has 1 aromatic rings. The van der Waals surface area contributed by atoms with Crippen LogP contribution in [0.15, 0.2) is 18.2 Å². The molecule has 1 aliphatic heterocycles. The van der Waals surface area contributed by atoms with Crippen molar-refractivity contribution in [3.8, 4) is 0 Å². The molecule has 0 bridgehead atoms. The molecule has 1 aliphatic carbocycles. The van der Waals surface area contributed by atoms with Gasteiger partial charge in [0.05, 0.1) is 17.5 Å². The highest BCUT2D eigenvalue weighted by atomic mass is 35.5. The number of carbonyl (C=O) groups excluding carboxylic acids is 2. The molecule has 3 atom stereocenters. The molecular formula is C12H9Cl2NO2. The van der Waals surface area contributed by atoms with Gasteiger partial charge in [0.2, 0.25) is 11.8 Å². The second kappa shape index (κ2) is 3.47. The van der Waals surface area contributed by atoms with Crippen molar-refractivity contribution in [1.29, 1.82) is 0 Å². The van der Waals surface area contributed by atoms with Crippen LogP contribution in [0.3, 0.4) is 0 Å². The number of nitrogens with zero attached hydrogens (tertiary/aromatic N) is 1. The number of piperidine rings is 1. The molecule has 1 heterocycles. The van der Waals surface area contributed by atoms with Crippen molar-refractivity contribution >= 4 is 40.7 Å². The number of anilines is 1. The molecule has 17 heavy (non-hydrogen) atoms. The van der Waals surface area contributed by atoms with Gasteiger partial charge in [-0.3, -0.25) is 9.59 Å². The fraction of sp³-hybridized carbons (Fsp3) is 0.333. The van der Waals surface area contributed by atoms with Gasteiger partial charge in [-0.05, 0) is 24.1 Å². The van der Waals surface area contributed by atoms with Gasteiger partial charge in [0, 0.05) is 10.0 Å². The van der Waals surface area contributed by atoms with E-state index in [-0.39, 0.29) is 29.6 Å². The quantitative estimate of drug-likeness (QED) is 0.736. The number of rotatable bonds is 1. The summed E-state index contributed by atoms with van der Waals surface area (Å²) in [5.74, 6) is -0.363. The molecular weight excluding hydrogens is 261 g/mol. The number of hydrogen-bond acceptors (Lipinski definition) is 2. The Kier molecular flexibility index (Phi) is 2.25. The Labute approximate surface area is 108 Å². The highest BCUT2D eigenvalue weighted by Gasteiger charge is 2.65. The Morgan fingerprint density at radius 2 is 1.47 bits per heavy atom. The van der Waals surface area contributed by atoms with Gasteiger partial charge >= 0.3 is 0 Å². The van der Waals surface area contributed by atoms with E-state index in [2.05, 4.69) is 0 Å². The number of amides is 2. The summed E-state index contributed by atoms with van der Waals surface area (Å²) in [5, 5.41) is 0.837. The maximum Gasteiger partial charge on any atom is 0.237 e. The van der Waals surface area contributed by atoms with Gasteiger partial charge in [0.1, 0.15) is 0 Å². The molecule has 0 aromatic heterocycles. The van der Waals surface area contributed by atoms with Crippen molar-refractivity contribution < 1.29 is 9.59 Å². The largest absolute Gasteiger partial charge is 0.274 e. The average molecular weight is 270 g/mol. The summed E-state index contributed by atoms with van der Waals surface area (Å²) >= 11 is 11.7. The summed E-state index contributed by atoms with van der Waals surface area (Å²) < 4.78 is 0. The van der Waals surface area contributed by atoms with Gasteiger partial charge in [-0.25, -0.2) is 4.90 Å². The molecule has 2 fully saturated rings. The van der Waals surface area contributed by atoms with E-state index in [1.54, 1.807) is 18.2 Å². The van der Waals surface area contributed by atoms with Crippen molar-refractivity contribution in [2.75, 3.05) is 4.90 Å². The van der Waals surface area contributed by atoms with Crippen molar-refractivity contribution in [2.24, 2.45) is 17.8 Å². The van der Waals surface area contributed by atoms with Crippen molar-refractivity contribution in [3.05, 3.63) is 28.2 Å². The molecule has 5 heteroatoms. The zero-order valence-electron chi connectivity index (χ0n) is 8.98. The standard InChI is InChI=1S/C12H9Cl2NO2/c1-5-9-10(5)12(17)15(11(9)16)8-3-6(13)2-7(14)4-8/h2-5,9-10H,1H3/t5-,9-,10+. The zero-order valence-corrected chi connectivity index (χ0v) is 10.5. The number of benzene rings is 1. The van der Waals surface area contributed by atoms with E-state index in [1.165, 1.54) is 4.90 Å². The molecule has 2 amide bonds. The number of fused-ring (bicyclic) bond motifs is 1. The minimum absolute atomic E-state index is 0.133. The normalized spacial score (nSPS) is 30.8. The van der Waals surface area contributed by atoms with Gasteiger partial charge < -0.3 is 0 Å². The van der Waals surface area contributed by atoms with Gasteiger partial charge in [0.15, 0.2) is 0 Å². The molecule has 88 valence electrons. The first kappa shape index (κ1) is 11.1. The van der Waals surface area contributed by atoms with Crippen LogP contribution in [0.5, 0.6) is 0 Å². The minimum atomic E-state index is -0.139. The first-order valence-electron chi connectivity index (χ1n) is 5.34. The molecule has 0 N–H and O–H groups in total. The summed E-state index contributed by atoms with van der Waals surface area (Å²) in [6, 6.07) is 4.73. The lowest BCUT2D eigenvalue weighted by molar-refractivity contribution is -0.124. The topological polar surface area (TPSA) is 37.4 Å². The van der Waals surface area contributed by atoms with E-state index in [4.69, 9.17) is 23.2 Å². The zero-order chi connectivity index (χ0) is 12.3. The van der Waals surface area contributed by atoms with Crippen LogP contribution < -0.4 is 4.90 Å². The van der Waals surface area contributed by atoms with E-state index in [1.807, 2.05) is 6.92 Å². The number of imide groups is 1. The Morgan fingerprint density at radius 3 is 1.94 bits per heavy atom. The van der Waals surface area contributed by atoms with E-state index < -0.39 is 0 Å². The molecule has 1 aromatic carbocycles. The molecule has 1 saturated carbocycles. The van der Waals surface area contributed by atoms with Crippen LogP contribution in [0.2, 0.25) is 10.0 Å². The molecule has 1 saturated heterocycles. The Balaban J connectivity index is 2.01. The highest BCUT2D eigenvalue weighted by molar-refractivity contribution is 6.36. The minimum Gasteiger partial charge on any atom is -0.274 e. The van der Waals surface area contributed by atoms with E-state index in [0.29, 0.717) is 15.7 Å². The maximum absolute atomic E-state index is 12.0. The molecule has 2 aliphatic rings. The van der Waals surface area contributed by atoms with Crippen LogP contribution in [-0.2, 0) is 9.59 Å². The smallest absolute Gasteiger partial charge is 0.237 e. The Morgan fingerprint density at radius 1 is 1.00 bits per heavy atom. The second-order valence-electron chi connectivity index (χ2n) is 4.55. The number of hydrogen-bond donors (Lipinski definition) is 0. The van der Waals surface area contributed by atoms with Gasteiger partial charge in [0.25, 0.3) is 0 Å². The van der Waals surface area contributed by atoms with Crippen molar-refractivity contribution in [3.63, 3.8) is 0 Å². The highest BCUT2D eigenvalue weighted by Crippen LogP contribution is 2.54. The van der Waals surface area contributed by atoms with Crippen molar-refractivity contribution in [2.45, 2.75) is 6.92 Å². The third-order valence-corrected chi connectivity index (χ3v) is 3.93. The third kappa shape index (κ3) is 1.49. The monoisotopic (exact) mass is 269 g/mol. The third-order valence-electron chi connectivity index (χ3n) is 3.50. The predicted molar refractivity (Wildman–Crippen MR) is 65.1 cm³/mol. The summed E-state index contributed by atoms with van der Waals surface area (Å²) in [7, 11) is 0. The van der Waals surface area contributed by atoms with E-state index >= 15 is 0 Å². The van der Waals surface area contributed by atoms with Crippen LogP contribution in [0.4, 0.5) is 5.69 Å². The lowest BCUT2D eigenvalue weighted by Crippen LogP contribution is -2.34. The molecule has 3 rings (SSSR count). The molecule has 0 unspecified atom stereocenters. The van der Waals surface area contributed by atoms with Gasteiger partial charge in [-0.15, -0.1) is 0 Å². The summed E-state index contributed by atoms with van der Waals surface area (Å²) in [6.45, 7) is 1.92. The van der Waals surface area contributed by atoms with E-state index in [0.717, 1.165) is 0 Å². The molecule has 0 spiro atoms. The van der Waals surface area contributed by atoms with Crippen LogP contribution in [0.1, 0.15) is 6.92 Å². The summed E-state index contributed by atoms with van der Waals surface area (Å²) in [6.07, 6.45) is 0. The fourth-order valence-electron chi connectivity index (χ4n) is 2.55. The maximum atomic E-state index is 12.0. The lowest BCUT2D eigenvalue weighted by atomic mass is 10.2. The first-order valence-corrected chi connectivity index (χ1v) is 6.10. The summed E-state index contributed by atoms with van der Waals surface area (Å²) in [4.78, 5) is 25.2. The fourth-order valence-corrected chi connectivity index (χ4v) is 3.06. The SMILES string of the molecule is C[C@@H]1[C@H]2C(=O)N(c3cc(Cl)cc(Cl)c3)C(=O)[C@@H]12. The molecule has 0 radical (unpaired) electrons. The van der Waals surface area contributed by atoms with Crippen LogP contribution in [-0.4, -0.2) is 11.8 Å². The number of carbonyl (C=O) groups is 2. The first-order chi connectivity index (χ1) is 8.00. The van der Waals surface area contributed by atoms with Crippen LogP contribution in [0.25, 0.3) is 0 Å². The van der Waals surface area contributed by atoms with Crippen LogP contribution in [0, 0.1) is 17.8 Å². The average Bonchev–Trinajstić information content (AvgIpc) is 2.79. The summed E-state index contributed by atoms with van der Waals surface area (Å²) in [5.41, 5.74) is 0.469. The second-order valence-corrected chi connectivity index (χ2v) is 5.42. The van der Waals surface area contributed by atoms with Crippen molar-refractivity contribution in [1.82, 2.24) is 0 Å². The molecule has 3 nitrogen and oxygen atoms in total. The van der Waals surface area contributed by atoms with Gasteiger partial charge in [-0.1, -0.05) is 30.1 Å².